The van der Waals surface area contributed by atoms with Gasteiger partial charge in [0.25, 0.3) is 0 Å². The standard InChI is InChI=1S/C20H18ClNO3/c1-25-16-10-9-15(21)17-13-3-2-4-14(13)18(22-19(16)17)11-5-7-12(8-6-11)20(23)24/h2-3,5-10,13-14,18,22H,4H2,1H3,(H,23,24)/t13-,14+,18-/m1/s1. The van der Waals surface area contributed by atoms with E-state index in [1.54, 1.807) is 19.2 Å². The van der Waals surface area contributed by atoms with Crippen molar-refractivity contribution in [1.82, 2.24) is 0 Å². The number of rotatable bonds is 3. The Labute approximate surface area is 151 Å². The molecule has 4 rings (SSSR count). The highest BCUT2D eigenvalue weighted by atomic mass is 35.5. The van der Waals surface area contributed by atoms with E-state index in [2.05, 4.69) is 17.5 Å². The summed E-state index contributed by atoms with van der Waals surface area (Å²) in [5.41, 5.74) is 3.37. The lowest BCUT2D eigenvalue weighted by atomic mass is 9.76. The second-order valence-electron chi connectivity index (χ2n) is 6.44. The molecule has 0 radical (unpaired) electrons. The number of carboxylic acid groups (broad SMARTS) is 1. The minimum atomic E-state index is -0.914. The molecule has 5 heteroatoms. The first-order valence-electron chi connectivity index (χ1n) is 8.23. The predicted octanol–water partition coefficient (Wildman–Crippen LogP) is 4.87. The van der Waals surface area contributed by atoms with Gasteiger partial charge in [0.1, 0.15) is 5.75 Å². The van der Waals surface area contributed by atoms with Crippen LogP contribution >= 0.6 is 11.6 Å². The number of aromatic carboxylic acids is 1. The Bertz CT molecular complexity index is 860. The van der Waals surface area contributed by atoms with Gasteiger partial charge in [-0.1, -0.05) is 35.9 Å². The fourth-order valence-corrected chi connectivity index (χ4v) is 4.25. The van der Waals surface area contributed by atoms with Crippen LogP contribution < -0.4 is 10.1 Å². The molecule has 0 saturated heterocycles. The van der Waals surface area contributed by atoms with E-state index < -0.39 is 5.97 Å². The molecule has 1 heterocycles. The average Bonchev–Trinajstić information content (AvgIpc) is 3.11. The molecule has 0 bridgehead atoms. The Morgan fingerprint density at radius 1 is 1.24 bits per heavy atom. The Hall–Kier alpha value is -2.46. The van der Waals surface area contributed by atoms with Gasteiger partial charge in [0.15, 0.2) is 0 Å². The number of halogens is 1. The van der Waals surface area contributed by atoms with Gasteiger partial charge in [0.05, 0.1) is 24.4 Å². The van der Waals surface area contributed by atoms with Crippen molar-refractivity contribution in [2.75, 3.05) is 12.4 Å². The summed E-state index contributed by atoms with van der Waals surface area (Å²) < 4.78 is 5.53. The molecule has 3 atom stereocenters. The van der Waals surface area contributed by atoms with Gasteiger partial charge in [-0.15, -0.1) is 0 Å². The molecule has 0 fully saturated rings. The van der Waals surface area contributed by atoms with Crippen LogP contribution in [-0.4, -0.2) is 18.2 Å². The minimum Gasteiger partial charge on any atom is -0.495 e. The predicted molar refractivity (Wildman–Crippen MR) is 97.8 cm³/mol. The average molecular weight is 356 g/mol. The molecule has 2 N–H and O–H groups in total. The van der Waals surface area contributed by atoms with Crippen LogP contribution in [0.15, 0.2) is 48.6 Å². The van der Waals surface area contributed by atoms with Gasteiger partial charge in [-0.2, -0.15) is 0 Å². The molecule has 0 aromatic heterocycles. The largest absolute Gasteiger partial charge is 0.495 e. The van der Waals surface area contributed by atoms with Crippen LogP contribution in [-0.2, 0) is 0 Å². The number of ether oxygens (including phenoxy) is 1. The van der Waals surface area contributed by atoms with Crippen molar-refractivity contribution in [3.8, 4) is 5.75 Å². The van der Waals surface area contributed by atoms with Crippen LogP contribution in [0.2, 0.25) is 5.02 Å². The molecular formula is C20H18ClNO3. The van der Waals surface area contributed by atoms with Gasteiger partial charge in [-0.3, -0.25) is 0 Å². The first-order valence-corrected chi connectivity index (χ1v) is 8.60. The van der Waals surface area contributed by atoms with E-state index in [-0.39, 0.29) is 12.0 Å². The zero-order valence-electron chi connectivity index (χ0n) is 13.7. The van der Waals surface area contributed by atoms with Crippen molar-refractivity contribution in [3.63, 3.8) is 0 Å². The molecule has 128 valence electrons. The molecule has 2 aromatic carbocycles. The molecule has 2 aromatic rings. The lowest BCUT2D eigenvalue weighted by Gasteiger charge is -2.38. The van der Waals surface area contributed by atoms with Gasteiger partial charge < -0.3 is 15.2 Å². The number of hydrogen-bond acceptors (Lipinski definition) is 3. The number of hydrogen-bond donors (Lipinski definition) is 2. The summed E-state index contributed by atoms with van der Waals surface area (Å²) in [5.74, 6) is 0.420. The number of benzene rings is 2. The molecule has 1 aliphatic carbocycles. The van der Waals surface area contributed by atoms with Crippen LogP contribution in [0.25, 0.3) is 0 Å². The number of allylic oxidation sites excluding steroid dienone is 2. The van der Waals surface area contributed by atoms with E-state index in [4.69, 9.17) is 21.4 Å². The molecule has 2 aliphatic rings. The summed E-state index contributed by atoms with van der Waals surface area (Å²) >= 11 is 6.49. The van der Waals surface area contributed by atoms with E-state index in [1.165, 1.54) is 0 Å². The third kappa shape index (κ3) is 2.57. The van der Waals surface area contributed by atoms with Crippen molar-refractivity contribution in [1.29, 1.82) is 0 Å². The molecule has 25 heavy (non-hydrogen) atoms. The number of nitrogens with one attached hydrogen (secondary N) is 1. The van der Waals surface area contributed by atoms with Gasteiger partial charge in [0.2, 0.25) is 0 Å². The monoisotopic (exact) mass is 355 g/mol. The molecule has 0 unspecified atom stereocenters. The third-order valence-electron chi connectivity index (χ3n) is 5.17. The van der Waals surface area contributed by atoms with Crippen LogP contribution in [0.1, 0.15) is 39.9 Å². The van der Waals surface area contributed by atoms with E-state index in [0.717, 1.165) is 34.0 Å². The highest BCUT2D eigenvalue weighted by Crippen LogP contribution is 2.54. The zero-order valence-corrected chi connectivity index (χ0v) is 14.5. The Morgan fingerprint density at radius 2 is 2.00 bits per heavy atom. The lowest BCUT2D eigenvalue weighted by molar-refractivity contribution is 0.0697. The fourth-order valence-electron chi connectivity index (χ4n) is 3.97. The van der Waals surface area contributed by atoms with Crippen LogP contribution in [0.4, 0.5) is 5.69 Å². The summed E-state index contributed by atoms with van der Waals surface area (Å²) in [6.45, 7) is 0. The highest BCUT2D eigenvalue weighted by molar-refractivity contribution is 6.32. The van der Waals surface area contributed by atoms with Crippen LogP contribution in [0.3, 0.4) is 0 Å². The smallest absolute Gasteiger partial charge is 0.335 e. The first kappa shape index (κ1) is 16.0. The van der Waals surface area contributed by atoms with Gasteiger partial charge >= 0.3 is 5.97 Å². The SMILES string of the molecule is COc1ccc(Cl)c2c1N[C@H](c1ccc(C(=O)O)cc1)[C@H]1CC=C[C@@H]21. The van der Waals surface area contributed by atoms with Gasteiger partial charge in [-0.05, 0) is 42.2 Å². The summed E-state index contributed by atoms with van der Waals surface area (Å²) in [6.07, 6.45) is 5.37. The fraction of sp³-hybridized carbons (Fsp3) is 0.250. The number of carboxylic acids is 1. The van der Waals surface area contributed by atoms with E-state index >= 15 is 0 Å². The van der Waals surface area contributed by atoms with Crippen molar-refractivity contribution in [2.45, 2.75) is 18.4 Å². The van der Waals surface area contributed by atoms with E-state index in [0.29, 0.717) is 11.5 Å². The van der Waals surface area contributed by atoms with E-state index in [1.807, 2.05) is 24.3 Å². The molecular weight excluding hydrogens is 338 g/mol. The second kappa shape index (κ2) is 6.12. The maximum absolute atomic E-state index is 11.1. The Kier molecular flexibility index (Phi) is 3.92. The van der Waals surface area contributed by atoms with Gasteiger partial charge in [-0.25, -0.2) is 4.79 Å². The zero-order chi connectivity index (χ0) is 17.6. The van der Waals surface area contributed by atoms with Crippen molar-refractivity contribution < 1.29 is 14.6 Å². The van der Waals surface area contributed by atoms with Gasteiger partial charge in [0, 0.05) is 16.5 Å². The highest BCUT2D eigenvalue weighted by Gasteiger charge is 2.40. The van der Waals surface area contributed by atoms with Crippen LogP contribution in [0.5, 0.6) is 5.75 Å². The summed E-state index contributed by atoms with van der Waals surface area (Å²) in [7, 11) is 1.65. The number of carbonyl (C=O) groups is 1. The lowest BCUT2D eigenvalue weighted by Crippen LogP contribution is -2.29. The maximum Gasteiger partial charge on any atom is 0.335 e. The first-order chi connectivity index (χ1) is 12.1. The quantitative estimate of drug-likeness (QED) is 0.771. The van der Waals surface area contributed by atoms with E-state index in [9.17, 15) is 4.79 Å². The number of anilines is 1. The molecule has 0 spiro atoms. The summed E-state index contributed by atoms with van der Waals surface area (Å²) in [6, 6.07) is 10.9. The Morgan fingerprint density at radius 3 is 2.68 bits per heavy atom. The minimum absolute atomic E-state index is 0.0720. The van der Waals surface area contributed by atoms with Crippen molar-refractivity contribution in [3.05, 3.63) is 70.3 Å². The topological polar surface area (TPSA) is 58.6 Å². The second-order valence-corrected chi connectivity index (χ2v) is 6.85. The summed E-state index contributed by atoms with van der Waals surface area (Å²) in [4.78, 5) is 11.1. The molecule has 1 aliphatic heterocycles. The van der Waals surface area contributed by atoms with Crippen LogP contribution in [0, 0.1) is 5.92 Å². The number of methoxy groups -OCH3 is 1. The van der Waals surface area contributed by atoms with Crippen molar-refractivity contribution in [2.24, 2.45) is 5.92 Å². The molecule has 0 saturated carbocycles. The normalized spacial score (nSPS) is 23.5. The maximum atomic E-state index is 11.1. The summed E-state index contributed by atoms with van der Waals surface area (Å²) in [5, 5.41) is 13.4. The third-order valence-corrected chi connectivity index (χ3v) is 5.49. The van der Waals surface area contributed by atoms with Crippen molar-refractivity contribution >= 4 is 23.3 Å². The molecule has 0 amide bonds. The molecule has 4 nitrogen and oxygen atoms in total. The Balaban J connectivity index is 1.79. The number of fused-ring (bicyclic) bond motifs is 3.